The molecule has 32 heavy (non-hydrogen) atoms. The predicted molar refractivity (Wildman–Crippen MR) is 125 cm³/mol. The molecule has 1 amide bonds. The summed E-state index contributed by atoms with van der Waals surface area (Å²) >= 11 is 3.30. The van der Waals surface area contributed by atoms with Crippen molar-refractivity contribution < 1.29 is 22.3 Å². The lowest BCUT2D eigenvalue weighted by molar-refractivity contribution is 0.0285. The van der Waals surface area contributed by atoms with Crippen LogP contribution in [0.15, 0.2) is 52.1 Å². The molecule has 0 unspecified atom stereocenters. The number of hydrogen-bond donors (Lipinski definition) is 0. The summed E-state index contributed by atoms with van der Waals surface area (Å²) in [7, 11) is -2.53. The van der Waals surface area contributed by atoms with Crippen molar-refractivity contribution in [2.24, 2.45) is 0 Å². The molecule has 0 aliphatic carbocycles. The van der Waals surface area contributed by atoms with Crippen molar-refractivity contribution in [3.05, 3.63) is 58.6 Å². The van der Waals surface area contributed by atoms with E-state index in [2.05, 4.69) is 20.9 Å². The quantitative estimate of drug-likeness (QED) is 0.443. The van der Waals surface area contributed by atoms with E-state index >= 15 is 0 Å². The number of carbonyl (C=O) groups excluding carboxylic acids is 1. The van der Waals surface area contributed by atoms with Crippen LogP contribution in [0, 0.1) is 5.82 Å². The minimum absolute atomic E-state index is 0.0751. The third-order valence-electron chi connectivity index (χ3n) is 4.11. The van der Waals surface area contributed by atoms with Crippen LogP contribution in [0.1, 0.15) is 40.2 Å². The molecule has 0 saturated heterocycles. The first-order chi connectivity index (χ1) is 14.9. The average Bonchev–Trinajstić information content (AvgIpc) is 3.06. The monoisotopic (exact) mass is 527 g/mol. The highest BCUT2D eigenvalue weighted by Crippen LogP contribution is 2.28. The molecule has 10 heteroatoms. The third-order valence-corrected chi connectivity index (χ3v) is 6.22. The Morgan fingerprint density at radius 3 is 2.50 bits per heavy atom. The number of rotatable bonds is 4. The molecule has 0 bridgehead atoms. The number of ether oxygens (including phenoxy) is 1. The molecule has 3 rings (SSSR count). The number of aromatic nitrogens is 2. The first-order valence-electron chi connectivity index (χ1n) is 9.99. The Kier molecular flexibility index (Phi) is 8.06. The van der Waals surface area contributed by atoms with Crippen molar-refractivity contribution in [2.45, 2.75) is 51.7 Å². The van der Waals surface area contributed by atoms with Gasteiger partial charge in [-0.15, -0.1) is 0 Å². The normalized spacial score (nSPS) is 11.6. The summed E-state index contributed by atoms with van der Waals surface area (Å²) in [6, 6.07) is 6.39. The van der Waals surface area contributed by atoms with E-state index in [1.54, 1.807) is 40.1 Å². The van der Waals surface area contributed by atoms with Crippen LogP contribution in [-0.2, 0) is 21.3 Å². The van der Waals surface area contributed by atoms with Crippen molar-refractivity contribution >= 4 is 43.1 Å². The zero-order valence-electron chi connectivity index (χ0n) is 18.9. The third kappa shape index (κ3) is 5.86. The number of nitrogens with zero attached hydrogens (tertiary/aromatic N) is 3. The molecule has 0 atom stereocenters. The molecule has 0 N–H and O–H groups in total. The highest BCUT2D eigenvalue weighted by molar-refractivity contribution is 9.10. The summed E-state index contributed by atoms with van der Waals surface area (Å²) in [6.45, 7) is 9.35. The van der Waals surface area contributed by atoms with Gasteiger partial charge in [-0.2, -0.15) is 0 Å². The summed E-state index contributed by atoms with van der Waals surface area (Å²) in [5.41, 5.74) is 0.559. The molecule has 0 radical (unpaired) electrons. The molecule has 0 saturated carbocycles. The molecule has 0 fully saturated rings. The number of carbonyl (C=O) groups is 1. The Hall–Kier alpha value is -2.46. The smallest absolute Gasteiger partial charge is 0.410 e. The van der Waals surface area contributed by atoms with Crippen LogP contribution < -0.4 is 0 Å². The Balaban J connectivity index is 0.00000176. The Morgan fingerprint density at radius 1 is 1.25 bits per heavy atom. The second-order valence-electron chi connectivity index (χ2n) is 7.77. The topological polar surface area (TPSA) is 81.5 Å². The van der Waals surface area contributed by atoms with Gasteiger partial charge >= 0.3 is 6.09 Å². The minimum atomic E-state index is -4.09. The van der Waals surface area contributed by atoms with Gasteiger partial charge in [0.25, 0.3) is 10.0 Å². The van der Waals surface area contributed by atoms with Crippen LogP contribution in [0.25, 0.3) is 11.0 Å². The Labute approximate surface area is 196 Å². The van der Waals surface area contributed by atoms with Crippen molar-refractivity contribution in [3.8, 4) is 0 Å². The van der Waals surface area contributed by atoms with Crippen molar-refractivity contribution in [2.75, 3.05) is 7.05 Å². The fourth-order valence-electron chi connectivity index (χ4n) is 2.83. The van der Waals surface area contributed by atoms with Crippen LogP contribution in [0.5, 0.6) is 0 Å². The van der Waals surface area contributed by atoms with Gasteiger partial charge in [0.15, 0.2) is 0 Å². The molecule has 2 heterocycles. The fraction of sp³-hybridized carbons (Fsp3) is 0.364. The molecule has 7 nitrogen and oxygen atoms in total. The Bertz CT molecular complexity index is 1220. The van der Waals surface area contributed by atoms with Crippen molar-refractivity contribution in [1.29, 1.82) is 0 Å². The van der Waals surface area contributed by atoms with E-state index in [0.29, 0.717) is 21.1 Å². The summed E-state index contributed by atoms with van der Waals surface area (Å²) < 4.78 is 47.0. The maximum Gasteiger partial charge on any atom is 0.410 e. The molecular weight excluding hydrogens is 501 g/mol. The predicted octanol–water partition coefficient (Wildman–Crippen LogP) is 5.57. The van der Waals surface area contributed by atoms with E-state index in [1.807, 2.05) is 13.8 Å². The first kappa shape index (κ1) is 25.8. The second kappa shape index (κ2) is 9.99. The molecule has 3 aromatic rings. The lowest BCUT2D eigenvalue weighted by Crippen LogP contribution is -2.33. The SMILES string of the molecule is CC.CN(Cc1cn(S(=O)(=O)c2cccc(F)c2)c2cc(Br)cnc12)C(=O)OC(C)(C)C. The van der Waals surface area contributed by atoms with Gasteiger partial charge in [0.1, 0.15) is 11.4 Å². The van der Waals surface area contributed by atoms with Crippen LogP contribution in [0.3, 0.4) is 0 Å². The molecule has 0 aliphatic rings. The largest absolute Gasteiger partial charge is 0.444 e. The van der Waals surface area contributed by atoms with Crippen LogP contribution >= 0.6 is 15.9 Å². The number of pyridine rings is 1. The highest BCUT2D eigenvalue weighted by atomic mass is 79.9. The van der Waals surface area contributed by atoms with Gasteiger partial charge in [0.05, 0.1) is 22.5 Å². The van der Waals surface area contributed by atoms with E-state index in [9.17, 15) is 17.6 Å². The lowest BCUT2D eigenvalue weighted by atomic mass is 10.2. The number of hydrogen-bond acceptors (Lipinski definition) is 5. The zero-order valence-corrected chi connectivity index (χ0v) is 21.3. The van der Waals surface area contributed by atoms with Crippen LogP contribution in [0.2, 0.25) is 0 Å². The van der Waals surface area contributed by atoms with Gasteiger partial charge in [-0.3, -0.25) is 4.98 Å². The van der Waals surface area contributed by atoms with Crippen molar-refractivity contribution in [1.82, 2.24) is 13.9 Å². The van der Waals surface area contributed by atoms with Gasteiger partial charge in [0.2, 0.25) is 0 Å². The van der Waals surface area contributed by atoms with Gasteiger partial charge in [-0.1, -0.05) is 19.9 Å². The molecule has 2 aromatic heterocycles. The van der Waals surface area contributed by atoms with Crippen LogP contribution in [-0.4, -0.2) is 41.0 Å². The zero-order chi connectivity index (χ0) is 24.3. The number of amides is 1. The molecule has 174 valence electrons. The van der Waals surface area contributed by atoms with E-state index < -0.39 is 27.5 Å². The van der Waals surface area contributed by atoms with E-state index in [4.69, 9.17) is 4.74 Å². The number of fused-ring (bicyclic) bond motifs is 1. The molecule has 0 aliphatic heterocycles. The molecule has 1 aromatic carbocycles. The minimum Gasteiger partial charge on any atom is -0.444 e. The fourth-order valence-corrected chi connectivity index (χ4v) is 4.55. The van der Waals surface area contributed by atoms with Gasteiger partial charge in [-0.05, 0) is 61.0 Å². The van der Waals surface area contributed by atoms with Crippen molar-refractivity contribution in [3.63, 3.8) is 0 Å². The summed E-state index contributed by atoms with van der Waals surface area (Å²) in [5, 5.41) is 0. The number of benzene rings is 1. The molecule has 0 spiro atoms. The standard InChI is InChI=1S/C20H21BrFN3O4S.C2H6/c1-20(2,3)29-19(26)24(4)11-13-12-25(17-8-14(21)10-23-18(13)17)30(27,28)16-7-5-6-15(22)9-16;1-2/h5-10,12H,11H2,1-4H3;1-2H3. The van der Waals surface area contributed by atoms with E-state index in [1.165, 1.54) is 29.3 Å². The highest BCUT2D eigenvalue weighted by Gasteiger charge is 2.25. The summed E-state index contributed by atoms with van der Waals surface area (Å²) in [6.07, 6.45) is 2.39. The summed E-state index contributed by atoms with van der Waals surface area (Å²) in [5.74, 6) is -0.656. The summed E-state index contributed by atoms with van der Waals surface area (Å²) in [4.78, 5) is 17.8. The first-order valence-corrected chi connectivity index (χ1v) is 12.2. The molecular formula is C22H27BrFN3O4S. The van der Waals surface area contributed by atoms with E-state index in [0.717, 1.165) is 10.0 Å². The number of halogens is 2. The average molecular weight is 528 g/mol. The van der Waals surface area contributed by atoms with Gasteiger partial charge in [-0.25, -0.2) is 21.6 Å². The Morgan fingerprint density at radius 2 is 1.91 bits per heavy atom. The second-order valence-corrected chi connectivity index (χ2v) is 10.5. The maximum absolute atomic E-state index is 13.6. The lowest BCUT2D eigenvalue weighted by Gasteiger charge is -2.24. The van der Waals surface area contributed by atoms with E-state index in [-0.39, 0.29) is 11.4 Å². The van der Waals surface area contributed by atoms with Gasteiger partial charge < -0.3 is 9.64 Å². The maximum atomic E-state index is 13.6. The van der Waals surface area contributed by atoms with Crippen LogP contribution in [0.4, 0.5) is 9.18 Å². The van der Waals surface area contributed by atoms with Gasteiger partial charge in [0, 0.05) is 29.5 Å².